The predicted molar refractivity (Wildman–Crippen MR) is 68.7 cm³/mol. The van der Waals surface area contributed by atoms with Gasteiger partial charge in [0, 0.05) is 20.3 Å². The van der Waals surface area contributed by atoms with Crippen LogP contribution in [0.1, 0.15) is 46.0 Å². The molecule has 0 atom stereocenters. The molecule has 0 radical (unpaired) electrons. The molecule has 0 aliphatic heterocycles. The summed E-state index contributed by atoms with van der Waals surface area (Å²) in [7, 11) is 1.72. The number of rotatable bonds is 8. The third kappa shape index (κ3) is 3.68. The maximum atomic E-state index is 12.0. The molecule has 1 saturated carbocycles. The highest BCUT2D eigenvalue weighted by Crippen LogP contribution is 2.48. The summed E-state index contributed by atoms with van der Waals surface area (Å²) in [5.41, 5.74) is 5.64. The molecule has 0 saturated heterocycles. The van der Waals surface area contributed by atoms with Crippen LogP contribution in [-0.4, -0.2) is 31.7 Å². The highest BCUT2D eigenvalue weighted by atomic mass is 16.5. The van der Waals surface area contributed by atoms with Crippen molar-refractivity contribution in [2.45, 2.75) is 51.5 Å². The summed E-state index contributed by atoms with van der Waals surface area (Å²) in [5.74, 6) is -0.00816. The summed E-state index contributed by atoms with van der Waals surface area (Å²) in [6.45, 7) is 5.43. The Labute approximate surface area is 104 Å². The van der Waals surface area contributed by atoms with Crippen molar-refractivity contribution in [1.29, 1.82) is 0 Å². The zero-order valence-electron chi connectivity index (χ0n) is 11.3. The average Bonchev–Trinajstić information content (AvgIpc) is 3.13. The lowest BCUT2D eigenvalue weighted by molar-refractivity contribution is -0.126. The minimum atomic E-state index is -0.697. The lowest BCUT2D eigenvalue weighted by atomic mass is 9.92. The monoisotopic (exact) mass is 242 g/mol. The molecule has 3 N–H and O–H groups in total. The number of carbonyl (C=O) groups excluding carboxylic acids is 1. The van der Waals surface area contributed by atoms with Crippen LogP contribution < -0.4 is 11.1 Å². The molecule has 0 aromatic carbocycles. The van der Waals surface area contributed by atoms with Gasteiger partial charge in [0.25, 0.3) is 0 Å². The van der Waals surface area contributed by atoms with E-state index in [1.807, 2.05) is 13.8 Å². The number of carbonyl (C=O) groups is 1. The number of hydrogen-bond acceptors (Lipinski definition) is 3. The Hall–Kier alpha value is -0.610. The van der Waals surface area contributed by atoms with Crippen LogP contribution in [0.3, 0.4) is 0 Å². The molecule has 1 aliphatic carbocycles. The molecular weight excluding hydrogens is 216 g/mol. The summed E-state index contributed by atoms with van der Waals surface area (Å²) in [5, 5.41) is 3.02. The minimum Gasteiger partial charge on any atom is -0.385 e. The lowest BCUT2D eigenvalue weighted by Crippen LogP contribution is -2.54. The molecule has 100 valence electrons. The lowest BCUT2D eigenvalue weighted by Gasteiger charge is -2.26. The standard InChI is InChI=1S/C13H26N2O2/c1-4-13(14,5-2)11(16)15-10-12(6-7-12)8-9-17-3/h4-10,14H2,1-3H3,(H,15,16). The van der Waals surface area contributed by atoms with Crippen molar-refractivity contribution in [2.24, 2.45) is 11.1 Å². The predicted octanol–water partition coefficient (Wildman–Crippen LogP) is 1.44. The third-order valence-electron chi connectivity index (χ3n) is 4.13. The smallest absolute Gasteiger partial charge is 0.240 e. The van der Waals surface area contributed by atoms with Crippen LogP contribution in [0.4, 0.5) is 0 Å². The summed E-state index contributed by atoms with van der Waals surface area (Å²) in [6, 6.07) is 0. The first-order chi connectivity index (χ1) is 8.02. The Morgan fingerprint density at radius 1 is 1.41 bits per heavy atom. The van der Waals surface area contributed by atoms with Crippen molar-refractivity contribution in [3.8, 4) is 0 Å². The van der Waals surface area contributed by atoms with Crippen molar-refractivity contribution >= 4 is 5.91 Å². The Balaban J connectivity index is 2.38. The molecule has 17 heavy (non-hydrogen) atoms. The van der Waals surface area contributed by atoms with Crippen molar-refractivity contribution < 1.29 is 9.53 Å². The van der Waals surface area contributed by atoms with Gasteiger partial charge in [0.2, 0.25) is 5.91 Å². The van der Waals surface area contributed by atoms with Crippen molar-refractivity contribution in [3.63, 3.8) is 0 Å². The molecule has 1 aliphatic rings. The molecule has 0 bridgehead atoms. The van der Waals surface area contributed by atoms with E-state index in [0.29, 0.717) is 12.8 Å². The second-order valence-electron chi connectivity index (χ2n) is 5.29. The second kappa shape index (κ2) is 5.83. The molecule has 0 heterocycles. The Bertz CT molecular complexity index is 258. The number of nitrogens with two attached hydrogens (primary N) is 1. The third-order valence-corrected chi connectivity index (χ3v) is 4.13. The number of nitrogens with one attached hydrogen (secondary N) is 1. The van der Waals surface area contributed by atoms with Gasteiger partial charge in [-0.3, -0.25) is 4.79 Å². The average molecular weight is 242 g/mol. The first kappa shape index (κ1) is 14.5. The highest BCUT2D eigenvalue weighted by molar-refractivity contribution is 5.85. The van der Waals surface area contributed by atoms with Crippen LogP contribution in [0.25, 0.3) is 0 Å². The van der Waals surface area contributed by atoms with Crippen LogP contribution in [-0.2, 0) is 9.53 Å². The van der Waals surface area contributed by atoms with E-state index >= 15 is 0 Å². The molecule has 0 aromatic rings. The Kier molecular flexibility index (Phi) is 4.95. The minimum absolute atomic E-state index is 0.00816. The van der Waals surface area contributed by atoms with Crippen LogP contribution in [0.5, 0.6) is 0 Å². The fourth-order valence-electron chi connectivity index (χ4n) is 2.03. The number of methoxy groups -OCH3 is 1. The molecule has 0 spiro atoms. The highest BCUT2D eigenvalue weighted by Gasteiger charge is 2.43. The van der Waals surface area contributed by atoms with Gasteiger partial charge in [-0.2, -0.15) is 0 Å². The SMILES string of the molecule is CCC(N)(CC)C(=O)NCC1(CCOC)CC1. The number of amides is 1. The maximum absolute atomic E-state index is 12.0. The van der Waals surface area contributed by atoms with Gasteiger partial charge in [-0.25, -0.2) is 0 Å². The molecule has 1 fully saturated rings. The summed E-state index contributed by atoms with van der Waals surface area (Å²) in [6.07, 6.45) is 4.76. The quantitative estimate of drug-likeness (QED) is 0.677. The van der Waals surface area contributed by atoms with E-state index < -0.39 is 5.54 Å². The number of ether oxygens (including phenoxy) is 1. The normalized spacial score (nSPS) is 17.9. The largest absolute Gasteiger partial charge is 0.385 e. The van der Waals surface area contributed by atoms with Gasteiger partial charge in [0.05, 0.1) is 5.54 Å². The molecule has 4 nitrogen and oxygen atoms in total. The van der Waals surface area contributed by atoms with Crippen LogP contribution in [0.15, 0.2) is 0 Å². The van der Waals surface area contributed by atoms with E-state index in [9.17, 15) is 4.79 Å². The fraction of sp³-hybridized carbons (Fsp3) is 0.923. The molecule has 1 amide bonds. The molecule has 0 aromatic heterocycles. The van der Waals surface area contributed by atoms with Crippen molar-refractivity contribution in [2.75, 3.05) is 20.3 Å². The Morgan fingerprint density at radius 3 is 2.41 bits per heavy atom. The fourth-order valence-corrected chi connectivity index (χ4v) is 2.03. The van der Waals surface area contributed by atoms with Gasteiger partial charge < -0.3 is 15.8 Å². The summed E-state index contributed by atoms with van der Waals surface area (Å²) >= 11 is 0. The Morgan fingerprint density at radius 2 is 2.00 bits per heavy atom. The van der Waals surface area contributed by atoms with Gasteiger partial charge in [-0.1, -0.05) is 13.8 Å². The van der Waals surface area contributed by atoms with Gasteiger partial charge in [0.1, 0.15) is 0 Å². The molecule has 0 unspecified atom stereocenters. The van der Waals surface area contributed by atoms with Gasteiger partial charge in [-0.05, 0) is 37.5 Å². The van der Waals surface area contributed by atoms with E-state index in [0.717, 1.165) is 19.6 Å². The van der Waals surface area contributed by atoms with Crippen LogP contribution in [0.2, 0.25) is 0 Å². The van der Waals surface area contributed by atoms with E-state index in [-0.39, 0.29) is 11.3 Å². The first-order valence-electron chi connectivity index (χ1n) is 6.58. The molecule has 4 heteroatoms. The summed E-state index contributed by atoms with van der Waals surface area (Å²) in [4.78, 5) is 12.0. The van der Waals surface area contributed by atoms with Crippen LogP contribution >= 0.6 is 0 Å². The zero-order valence-corrected chi connectivity index (χ0v) is 11.3. The summed E-state index contributed by atoms with van der Waals surface area (Å²) < 4.78 is 5.10. The van der Waals surface area contributed by atoms with E-state index in [2.05, 4.69) is 5.32 Å². The van der Waals surface area contributed by atoms with E-state index in [1.54, 1.807) is 7.11 Å². The second-order valence-corrected chi connectivity index (χ2v) is 5.29. The first-order valence-corrected chi connectivity index (χ1v) is 6.58. The van der Waals surface area contributed by atoms with E-state index in [1.165, 1.54) is 12.8 Å². The molecular formula is C13H26N2O2. The van der Waals surface area contributed by atoms with E-state index in [4.69, 9.17) is 10.5 Å². The maximum Gasteiger partial charge on any atom is 0.240 e. The van der Waals surface area contributed by atoms with Crippen LogP contribution in [0, 0.1) is 5.41 Å². The topological polar surface area (TPSA) is 64.4 Å². The van der Waals surface area contributed by atoms with Gasteiger partial charge in [-0.15, -0.1) is 0 Å². The van der Waals surface area contributed by atoms with Gasteiger partial charge >= 0.3 is 0 Å². The van der Waals surface area contributed by atoms with Gasteiger partial charge in [0.15, 0.2) is 0 Å². The zero-order chi connectivity index (χ0) is 12.9. The van der Waals surface area contributed by atoms with Crippen molar-refractivity contribution in [1.82, 2.24) is 5.32 Å². The number of hydrogen-bond donors (Lipinski definition) is 2. The van der Waals surface area contributed by atoms with Crippen molar-refractivity contribution in [3.05, 3.63) is 0 Å². The molecule has 1 rings (SSSR count).